The maximum atomic E-state index is 14.8. The van der Waals surface area contributed by atoms with Gasteiger partial charge >= 0.3 is 6.09 Å². The highest BCUT2D eigenvalue weighted by Crippen LogP contribution is 2.29. The molecule has 0 aliphatic carbocycles. The van der Waals surface area contributed by atoms with Crippen LogP contribution in [0.5, 0.6) is 0 Å². The quantitative estimate of drug-likeness (QED) is 0.714. The second kappa shape index (κ2) is 8.21. The summed E-state index contributed by atoms with van der Waals surface area (Å²) in [6, 6.07) is 9.87. The van der Waals surface area contributed by atoms with Crippen molar-refractivity contribution in [3.63, 3.8) is 0 Å². The third kappa shape index (κ3) is 3.93. The van der Waals surface area contributed by atoms with E-state index in [2.05, 4.69) is 10.3 Å². The number of amides is 2. The number of nitrogens with one attached hydrogen (secondary N) is 1. The van der Waals surface area contributed by atoms with Crippen LogP contribution in [0.3, 0.4) is 0 Å². The van der Waals surface area contributed by atoms with Gasteiger partial charge in [0.25, 0.3) is 0 Å². The van der Waals surface area contributed by atoms with Crippen LogP contribution in [0.2, 0.25) is 0 Å². The first-order valence-corrected chi connectivity index (χ1v) is 8.86. The number of rotatable bonds is 4. The summed E-state index contributed by atoms with van der Waals surface area (Å²) >= 11 is 0. The van der Waals surface area contributed by atoms with Crippen LogP contribution in [0, 0.1) is 17.1 Å². The normalized spacial score (nSPS) is 15.4. The summed E-state index contributed by atoms with van der Waals surface area (Å²) in [5.74, 6) is -0.719. The maximum absolute atomic E-state index is 14.8. The lowest BCUT2D eigenvalue weighted by Crippen LogP contribution is -2.33. The van der Waals surface area contributed by atoms with Gasteiger partial charge in [-0.05, 0) is 35.9 Å². The van der Waals surface area contributed by atoms with Gasteiger partial charge in [-0.3, -0.25) is 9.69 Å². The highest BCUT2D eigenvalue weighted by Gasteiger charge is 2.32. The van der Waals surface area contributed by atoms with Crippen LogP contribution in [0.25, 0.3) is 16.8 Å². The first kappa shape index (κ1) is 20.8. The molecule has 154 valence electrons. The molecule has 0 radical (unpaired) electrons. The molecule has 1 fully saturated rings. The lowest BCUT2D eigenvalue weighted by Gasteiger charge is -2.14. The fraction of sp³-hybridized carbons (Fsp3) is 0.238. The Hall–Kier alpha value is -3.93. The third-order valence-corrected chi connectivity index (χ3v) is 4.60. The number of nitrogens with zero attached hydrogens (tertiary/aromatic N) is 4. The number of carbonyl (C=O) groups is 2. The number of aromatic nitrogens is 2. The molecule has 9 heteroatoms. The van der Waals surface area contributed by atoms with Crippen molar-refractivity contribution < 1.29 is 18.7 Å². The number of anilines is 1. The van der Waals surface area contributed by atoms with E-state index in [1.807, 2.05) is 6.07 Å². The highest BCUT2D eigenvalue weighted by molar-refractivity contribution is 5.90. The fourth-order valence-corrected chi connectivity index (χ4v) is 3.21. The Balaban J connectivity index is 0.00000256. The van der Waals surface area contributed by atoms with Crippen LogP contribution < -0.4 is 10.2 Å². The Bertz CT molecular complexity index is 1170. The van der Waals surface area contributed by atoms with E-state index in [1.165, 1.54) is 17.9 Å². The van der Waals surface area contributed by atoms with E-state index in [0.717, 1.165) is 0 Å². The molecule has 3 heterocycles. The van der Waals surface area contributed by atoms with E-state index in [0.29, 0.717) is 22.5 Å². The molecule has 0 unspecified atom stereocenters. The molecule has 0 bridgehead atoms. The summed E-state index contributed by atoms with van der Waals surface area (Å²) in [7, 11) is 0. The van der Waals surface area contributed by atoms with Crippen molar-refractivity contribution >= 4 is 23.3 Å². The van der Waals surface area contributed by atoms with E-state index < -0.39 is 18.0 Å². The molecule has 1 aliphatic heterocycles. The average Bonchev–Trinajstić information content (AvgIpc) is 3.28. The monoisotopic (exact) mass is 409 g/mol. The van der Waals surface area contributed by atoms with E-state index >= 15 is 0 Å². The van der Waals surface area contributed by atoms with Gasteiger partial charge in [0.2, 0.25) is 5.91 Å². The van der Waals surface area contributed by atoms with E-state index in [-0.39, 0.29) is 32.1 Å². The summed E-state index contributed by atoms with van der Waals surface area (Å²) in [5, 5.41) is 11.6. The van der Waals surface area contributed by atoms with Crippen LogP contribution >= 0.6 is 0 Å². The van der Waals surface area contributed by atoms with Crippen LogP contribution in [0.1, 0.15) is 20.0 Å². The predicted octanol–water partition coefficient (Wildman–Crippen LogP) is 3.11. The number of ether oxygens (including phenoxy) is 1. The number of cyclic esters (lactones) is 1. The lowest BCUT2D eigenvalue weighted by molar-refractivity contribution is -0.119. The number of pyridine rings is 1. The molecule has 2 aromatic heterocycles. The molecule has 30 heavy (non-hydrogen) atoms. The molecule has 3 aromatic rings. The van der Waals surface area contributed by atoms with Crippen molar-refractivity contribution in [3.05, 3.63) is 54.2 Å². The summed E-state index contributed by atoms with van der Waals surface area (Å²) in [6.45, 7) is 1.80. The highest BCUT2D eigenvalue weighted by atomic mass is 19.1. The summed E-state index contributed by atoms with van der Waals surface area (Å²) in [5.41, 5.74) is 2.13. The SMILES string of the molecule is C.CC(=O)NC[C@H]1CN(c2ccc(-c3ccn4cc(C#N)nc4c3)c(F)c2)C(=O)O1. The van der Waals surface area contributed by atoms with Gasteiger partial charge in [-0.15, -0.1) is 0 Å². The van der Waals surface area contributed by atoms with Crippen molar-refractivity contribution in [1.29, 1.82) is 5.26 Å². The standard InChI is InChI=1S/C20H16FN5O3.CH4/c1-12(27)23-9-16-11-26(20(28)29-16)15-2-3-17(18(21)7-15)13-4-5-25-10-14(8-22)24-19(25)6-13;/h2-7,10,16H,9,11H2,1H3,(H,23,27);1H4/t16-;/m0./s1. The first-order valence-electron chi connectivity index (χ1n) is 8.86. The van der Waals surface area contributed by atoms with Crippen LogP contribution in [0.15, 0.2) is 42.7 Å². The molecule has 0 spiro atoms. The minimum Gasteiger partial charge on any atom is -0.442 e. The van der Waals surface area contributed by atoms with E-state index in [1.54, 1.807) is 41.1 Å². The molecule has 8 nitrogen and oxygen atoms in total. The Morgan fingerprint density at radius 3 is 2.90 bits per heavy atom. The van der Waals surface area contributed by atoms with Crippen molar-refractivity contribution in [2.75, 3.05) is 18.0 Å². The smallest absolute Gasteiger partial charge is 0.414 e. The van der Waals surface area contributed by atoms with Crippen LogP contribution in [-0.2, 0) is 9.53 Å². The zero-order valence-corrected chi connectivity index (χ0v) is 15.4. The van der Waals surface area contributed by atoms with Crippen molar-refractivity contribution in [3.8, 4) is 17.2 Å². The molecular weight excluding hydrogens is 389 g/mol. The molecule has 0 saturated carbocycles. The molecule has 1 N–H and O–H groups in total. The lowest BCUT2D eigenvalue weighted by atomic mass is 10.1. The zero-order chi connectivity index (χ0) is 20.5. The average molecular weight is 409 g/mol. The predicted molar refractivity (Wildman–Crippen MR) is 108 cm³/mol. The van der Waals surface area contributed by atoms with Crippen LogP contribution in [-0.4, -0.2) is 40.6 Å². The molecule has 1 aromatic carbocycles. The van der Waals surface area contributed by atoms with E-state index in [4.69, 9.17) is 10.00 Å². The number of benzene rings is 1. The van der Waals surface area contributed by atoms with Gasteiger partial charge in [0.15, 0.2) is 5.69 Å². The number of hydrogen-bond acceptors (Lipinski definition) is 5. The fourth-order valence-electron chi connectivity index (χ4n) is 3.21. The minimum atomic E-state index is -0.588. The Morgan fingerprint density at radius 2 is 2.20 bits per heavy atom. The largest absolute Gasteiger partial charge is 0.442 e. The topological polar surface area (TPSA) is 99.7 Å². The second-order valence-electron chi connectivity index (χ2n) is 6.64. The zero-order valence-electron chi connectivity index (χ0n) is 15.4. The summed E-state index contributed by atoms with van der Waals surface area (Å²) in [4.78, 5) is 28.6. The number of fused-ring (bicyclic) bond motifs is 1. The second-order valence-corrected chi connectivity index (χ2v) is 6.64. The molecule has 1 atom stereocenters. The maximum Gasteiger partial charge on any atom is 0.414 e. The Morgan fingerprint density at radius 1 is 1.40 bits per heavy atom. The van der Waals surface area contributed by atoms with Crippen LogP contribution in [0.4, 0.5) is 14.9 Å². The van der Waals surface area contributed by atoms with Gasteiger partial charge < -0.3 is 14.5 Å². The molecule has 4 rings (SSSR count). The minimum absolute atomic E-state index is 0. The molecule has 1 aliphatic rings. The van der Waals surface area contributed by atoms with Gasteiger partial charge in [-0.25, -0.2) is 14.2 Å². The van der Waals surface area contributed by atoms with Gasteiger partial charge in [-0.1, -0.05) is 7.43 Å². The van der Waals surface area contributed by atoms with Crippen molar-refractivity contribution in [2.45, 2.75) is 20.5 Å². The third-order valence-electron chi connectivity index (χ3n) is 4.60. The Kier molecular flexibility index (Phi) is 5.69. The summed E-state index contributed by atoms with van der Waals surface area (Å²) in [6.07, 6.45) is 2.22. The number of hydrogen-bond donors (Lipinski definition) is 1. The van der Waals surface area contributed by atoms with E-state index in [9.17, 15) is 14.0 Å². The van der Waals surface area contributed by atoms with Crippen molar-refractivity contribution in [2.24, 2.45) is 0 Å². The van der Waals surface area contributed by atoms with Gasteiger partial charge in [0, 0.05) is 24.9 Å². The van der Waals surface area contributed by atoms with Gasteiger partial charge in [0.05, 0.1) is 18.8 Å². The first-order chi connectivity index (χ1) is 13.9. The molecule has 1 saturated heterocycles. The number of carbonyl (C=O) groups excluding carboxylic acids is 2. The van der Waals surface area contributed by atoms with Gasteiger partial charge in [0.1, 0.15) is 23.6 Å². The van der Waals surface area contributed by atoms with Gasteiger partial charge in [-0.2, -0.15) is 5.26 Å². The summed E-state index contributed by atoms with van der Waals surface area (Å²) < 4.78 is 21.7. The molecule has 2 amide bonds. The number of imidazole rings is 1. The number of nitriles is 1. The Labute approximate surface area is 172 Å². The van der Waals surface area contributed by atoms with Crippen molar-refractivity contribution in [1.82, 2.24) is 14.7 Å². The number of halogens is 1. The molecular formula is C21H20FN5O3.